The highest BCUT2D eigenvalue weighted by atomic mass is 32.2. The summed E-state index contributed by atoms with van der Waals surface area (Å²) in [5, 5.41) is 1.57. The molecule has 0 aromatic heterocycles. The van der Waals surface area contributed by atoms with Gasteiger partial charge < -0.3 is 0 Å². The third-order valence-electron chi connectivity index (χ3n) is 2.54. The van der Waals surface area contributed by atoms with E-state index in [0.717, 1.165) is 9.79 Å². The van der Waals surface area contributed by atoms with Gasteiger partial charge in [-0.2, -0.15) is 0 Å². The van der Waals surface area contributed by atoms with E-state index in [1.807, 2.05) is 60.7 Å². The van der Waals surface area contributed by atoms with E-state index in [1.54, 1.807) is 5.41 Å². The van der Waals surface area contributed by atoms with Gasteiger partial charge in [-0.05, 0) is 39.6 Å². The molecule has 0 bridgehead atoms. The first-order valence-corrected chi connectivity index (χ1v) is 6.89. The Morgan fingerprint density at radius 3 is 1.50 bits per heavy atom. The molecule has 0 fully saturated rings. The van der Waals surface area contributed by atoms with Crippen LogP contribution in [0.4, 0.5) is 0 Å². The number of benzene rings is 2. The monoisotopic (exact) mass is 230 g/mol. The van der Waals surface area contributed by atoms with Gasteiger partial charge in [0.1, 0.15) is 0 Å². The van der Waals surface area contributed by atoms with Crippen LogP contribution in [0.2, 0.25) is 0 Å². The first kappa shape index (κ1) is 10.8. The summed E-state index contributed by atoms with van der Waals surface area (Å²) >= 11 is 0. The summed E-state index contributed by atoms with van der Waals surface area (Å²) in [4.78, 5) is 1.66. The van der Waals surface area contributed by atoms with Gasteiger partial charge in [0.2, 0.25) is 0 Å². The van der Waals surface area contributed by atoms with E-state index in [4.69, 9.17) is 0 Å². The van der Waals surface area contributed by atoms with E-state index in [2.05, 4.69) is 6.58 Å². The van der Waals surface area contributed by atoms with Crippen LogP contribution >= 0.6 is 0 Å². The van der Waals surface area contributed by atoms with Crippen molar-refractivity contribution in [3.63, 3.8) is 0 Å². The summed E-state index contributed by atoms with van der Waals surface area (Å²) in [7, 11) is -2.64. The van der Waals surface area contributed by atoms with Crippen molar-refractivity contribution in [2.24, 2.45) is 0 Å². The van der Waals surface area contributed by atoms with Crippen molar-refractivity contribution >= 4 is 9.93 Å². The molecule has 0 N–H and O–H groups in total. The van der Waals surface area contributed by atoms with E-state index >= 15 is 0 Å². The Balaban J connectivity index is 2.58. The maximum absolute atomic E-state index is 12.9. The van der Waals surface area contributed by atoms with Crippen LogP contribution in [-0.4, -0.2) is 4.21 Å². The second kappa shape index (κ2) is 4.45. The van der Waals surface area contributed by atoms with Gasteiger partial charge in [-0.25, -0.2) is 0 Å². The number of rotatable bonds is 3. The number of hydrogen-bond acceptors (Lipinski definition) is 1. The second-order valence-corrected chi connectivity index (χ2v) is 6.23. The van der Waals surface area contributed by atoms with Gasteiger partial charge >= 0.3 is 0 Å². The van der Waals surface area contributed by atoms with Gasteiger partial charge in [-0.15, -0.1) is 0 Å². The molecule has 2 rings (SSSR count). The Morgan fingerprint density at radius 2 is 1.19 bits per heavy atom. The minimum absolute atomic E-state index is 0.830. The fraction of sp³-hybridized carbons (Fsp3) is 0. The molecule has 0 saturated carbocycles. The van der Waals surface area contributed by atoms with Crippen LogP contribution in [0, 0.1) is 0 Å². The molecule has 0 atom stereocenters. The summed E-state index contributed by atoms with van der Waals surface area (Å²) in [5.41, 5.74) is 0. The quantitative estimate of drug-likeness (QED) is 0.801. The fourth-order valence-corrected chi connectivity index (χ4v) is 3.61. The lowest BCUT2D eigenvalue weighted by atomic mass is 10.4. The molecule has 16 heavy (non-hydrogen) atoms. The van der Waals surface area contributed by atoms with E-state index in [1.165, 1.54) is 0 Å². The van der Waals surface area contributed by atoms with Crippen molar-refractivity contribution < 1.29 is 4.21 Å². The highest BCUT2D eigenvalue weighted by Gasteiger charge is 2.15. The van der Waals surface area contributed by atoms with Crippen LogP contribution in [0.5, 0.6) is 0 Å². The van der Waals surface area contributed by atoms with E-state index in [9.17, 15) is 4.21 Å². The Bertz CT molecular complexity index is 473. The molecule has 2 aromatic rings. The van der Waals surface area contributed by atoms with Crippen LogP contribution in [-0.2, 0) is 9.93 Å². The smallest absolute Gasteiger partial charge is 0.0224 e. The molecule has 0 unspecified atom stereocenters. The molecule has 2 heteroatoms. The van der Waals surface area contributed by atoms with Gasteiger partial charge in [-0.1, -0.05) is 43.0 Å². The van der Waals surface area contributed by atoms with Crippen LogP contribution in [0.25, 0.3) is 0 Å². The Morgan fingerprint density at radius 1 is 0.812 bits per heavy atom. The van der Waals surface area contributed by atoms with E-state index < -0.39 is 9.93 Å². The zero-order valence-electron chi connectivity index (χ0n) is 8.91. The normalized spacial score (nSPS) is 12.0. The predicted molar refractivity (Wildman–Crippen MR) is 69.2 cm³/mol. The molecule has 0 aliphatic rings. The minimum Gasteiger partial charge on any atom is -0.272 e. The first-order chi connectivity index (χ1) is 7.77. The number of thiol groups is 1. The first-order valence-electron chi connectivity index (χ1n) is 5.12. The SMILES string of the molecule is C=C[SH](=O)(c1ccccc1)c1ccccc1. The Labute approximate surface area is 96.9 Å². The molecule has 0 saturated heterocycles. The van der Waals surface area contributed by atoms with Crippen molar-refractivity contribution in [3.8, 4) is 0 Å². The minimum atomic E-state index is -2.64. The highest BCUT2D eigenvalue weighted by molar-refractivity contribution is 8.05. The third-order valence-corrected chi connectivity index (χ3v) is 5.18. The molecule has 0 amide bonds. The Hall–Kier alpha value is -1.67. The van der Waals surface area contributed by atoms with Gasteiger partial charge in [0.15, 0.2) is 0 Å². The number of hydrogen-bond donors (Lipinski definition) is 1. The summed E-state index contributed by atoms with van der Waals surface area (Å²) in [6, 6.07) is 19.0. The molecule has 0 aliphatic heterocycles. The molecule has 0 heterocycles. The van der Waals surface area contributed by atoms with Crippen molar-refractivity contribution in [3.05, 3.63) is 72.7 Å². The zero-order valence-corrected chi connectivity index (χ0v) is 9.81. The average molecular weight is 230 g/mol. The van der Waals surface area contributed by atoms with Crippen LogP contribution in [0.15, 0.2) is 82.4 Å². The standard InChI is InChI=1S/C14H14OS/c1-2-16(15,13-9-5-3-6-10-13)14-11-7-4-8-12-14/h2-12,16H,1H2. The topological polar surface area (TPSA) is 17.1 Å². The van der Waals surface area contributed by atoms with Crippen LogP contribution in [0.1, 0.15) is 0 Å². The van der Waals surface area contributed by atoms with Gasteiger partial charge in [0.25, 0.3) is 0 Å². The molecule has 2 aromatic carbocycles. The maximum Gasteiger partial charge on any atom is 0.0224 e. The van der Waals surface area contributed by atoms with Gasteiger partial charge in [0, 0.05) is 9.79 Å². The summed E-state index contributed by atoms with van der Waals surface area (Å²) in [5.74, 6) is 0. The lowest BCUT2D eigenvalue weighted by Crippen LogP contribution is -2.08. The van der Waals surface area contributed by atoms with Crippen molar-refractivity contribution in [2.75, 3.05) is 0 Å². The van der Waals surface area contributed by atoms with Crippen molar-refractivity contribution in [1.82, 2.24) is 0 Å². The summed E-state index contributed by atoms with van der Waals surface area (Å²) in [6.07, 6.45) is 0. The largest absolute Gasteiger partial charge is 0.272 e. The fourth-order valence-electron chi connectivity index (χ4n) is 1.66. The van der Waals surface area contributed by atoms with E-state index in [-0.39, 0.29) is 0 Å². The lowest BCUT2D eigenvalue weighted by Gasteiger charge is -2.20. The maximum atomic E-state index is 12.9. The van der Waals surface area contributed by atoms with Crippen LogP contribution < -0.4 is 0 Å². The molecule has 82 valence electrons. The molecule has 1 nitrogen and oxygen atoms in total. The molecular weight excluding hydrogens is 216 g/mol. The molecule has 0 radical (unpaired) electrons. The highest BCUT2D eigenvalue weighted by Crippen LogP contribution is 2.28. The zero-order chi connectivity index (χ0) is 11.4. The summed E-state index contributed by atoms with van der Waals surface area (Å²) < 4.78 is 12.9. The van der Waals surface area contributed by atoms with E-state index in [0.29, 0.717) is 0 Å². The lowest BCUT2D eigenvalue weighted by molar-refractivity contribution is 0.676. The molecule has 0 spiro atoms. The second-order valence-electron chi connectivity index (χ2n) is 3.51. The molecular formula is C14H14OS. The Kier molecular flexibility index (Phi) is 3.02. The van der Waals surface area contributed by atoms with Gasteiger partial charge in [0.05, 0.1) is 0 Å². The molecule has 0 aliphatic carbocycles. The summed E-state index contributed by atoms with van der Waals surface area (Å²) in [6.45, 7) is 3.72. The van der Waals surface area contributed by atoms with Gasteiger partial charge in [-0.3, -0.25) is 4.21 Å². The third kappa shape index (κ3) is 1.84. The average Bonchev–Trinajstić information content (AvgIpc) is 2.40. The van der Waals surface area contributed by atoms with Crippen molar-refractivity contribution in [1.29, 1.82) is 0 Å². The van der Waals surface area contributed by atoms with Crippen LogP contribution in [0.3, 0.4) is 0 Å². The predicted octanol–water partition coefficient (Wildman–Crippen LogP) is 3.26. The van der Waals surface area contributed by atoms with Crippen molar-refractivity contribution in [2.45, 2.75) is 9.79 Å².